The first-order valence-electron chi connectivity index (χ1n) is 5.50. The Bertz CT molecular complexity index is 844. The molecule has 1 aromatic carbocycles. The summed E-state index contributed by atoms with van der Waals surface area (Å²) < 4.78 is 28.0. The largest absolute Gasteiger partial charge is 0.264 e. The normalized spacial score (nSPS) is 11.7. The molecule has 0 unspecified atom stereocenters. The third-order valence-corrected chi connectivity index (χ3v) is 4.01. The fourth-order valence-electron chi connectivity index (χ4n) is 1.59. The number of fused-ring (bicyclic) bond motifs is 1. The molecule has 7 nitrogen and oxygen atoms in total. The predicted octanol–water partition coefficient (Wildman–Crippen LogP) is 1.58. The third-order valence-electron chi connectivity index (χ3n) is 2.45. The molecule has 2 aromatic heterocycles. The fraction of sp³-hybridized carbons (Fsp3) is 0. The molecule has 0 amide bonds. The van der Waals surface area contributed by atoms with E-state index < -0.39 is 10.0 Å². The number of benzene rings is 1. The van der Waals surface area contributed by atoms with Gasteiger partial charge in [-0.1, -0.05) is 17.7 Å². The van der Waals surface area contributed by atoms with E-state index in [0.717, 1.165) is 0 Å². The van der Waals surface area contributed by atoms with Crippen molar-refractivity contribution in [1.29, 1.82) is 0 Å². The topological polar surface area (TPSA) is 89.2 Å². The van der Waals surface area contributed by atoms with Gasteiger partial charge in [0.25, 0.3) is 21.7 Å². The Labute approximate surface area is 119 Å². The molecule has 0 radical (unpaired) electrons. The van der Waals surface area contributed by atoms with Gasteiger partial charge in [-0.2, -0.15) is 4.98 Å². The Morgan fingerprint density at radius 2 is 2.10 bits per heavy atom. The van der Waals surface area contributed by atoms with Gasteiger partial charge in [-0.05, 0) is 24.3 Å². The Morgan fingerprint density at radius 3 is 2.85 bits per heavy atom. The average Bonchev–Trinajstić information content (AvgIpc) is 2.80. The summed E-state index contributed by atoms with van der Waals surface area (Å²) in [7, 11) is -3.78. The molecular formula is C11H8ClN5O2S. The summed E-state index contributed by atoms with van der Waals surface area (Å²) in [6.45, 7) is 0. The maximum Gasteiger partial charge on any atom is 0.264 e. The van der Waals surface area contributed by atoms with Crippen LogP contribution in [0.4, 0.5) is 5.95 Å². The Kier molecular flexibility index (Phi) is 3.03. The summed E-state index contributed by atoms with van der Waals surface area (Å²) in [5.41, 5.74) is 0. The number of hydrogen-bond acceptors (Lipinski definition) is 5. The molecule has 0 aliphatic heterocycles. The number of nitrogens with one attached hydrogen (secondary N) is 1. The van der Waals surface area contributed by atoms with Gasteiger partial charge < -0.3 is 0 Å². The van der Waals surface area contributed by atoms with Crippen molar-refractivity contribution in [2.45, 2.75) is 4.90 Å². The average molecular weight is 310 g/mol. The summed E-state index contributed by atoms with van der Waals surface area (Å²) in [6.07, 6.45) is 3.16. The first-order chi connectivity index (χ1) is 9.54. The maximum atomic E-state index is 12.2. The van der Waals surface area contributed by atoms with Gasteiger partial charge in [0.05, 0.1) is 4.90 Å². The predicted molar refractivity (Wildman–Crippen MR) is 73.0 cm³/mol. The molecular weight excluding hydrogens is 302 g/mol. The molecule has 3 aromatic rings. The molecule has 0 aliphatic rings. The fourth-order valence-corrected chi connectivity index (χ4v) is 2.83. The molecule has 9 heteroatoms. The first kappa shape index (κ1) is 12.8. The molecule has 102 valence electrons. The molecule has 0 atom stereocenters. The Balaban J connectivity index is 1.97. The van der Waals surface area contributed by atoms with Crippen LogP contribution in [0, 0.1) is 0 Å². The molecule has 1 N–H and O–H groups in total. The SMILES string of the molecule is O=S(=O)(Nc1nc2ncccn2n1)c1cccc(Cl)c1. The smallest absolute Gasteiger partial charge is 0.246 e. The van der Waals surface area contributed by atoms with E-state index in [1.807, 2.05) is 0 Å². The molecule has 3 rings (SSSR count). The number of sulfonamides is 1. The van der Waals surface area contributed by atoms with Crippen molar-refractivity contribution in [1.82, 2.24) is 19.6 Å². The third kappa shape index (κ3) is 2.43. The second kappa shape index (κ2) is 4.73. The monoisotopic (exact) mass is 309 g/mol. The van der Waals surface area contributed by atoms with Crippen molar-refractivity contribution >= 4 is 33.4 Å². The number of anilines is 1. The van der Waals surface area contributed by atoms with Crippen molar-refractivity contribution < 1.29 is 8.42 Å². The van der Waals surface area contributed by atoms with Crippen molar-refractivity contribution in [3.8, 4) is 0 Å². The standard InChI is InChI=1S/C11H8ClN5O2S/c12-8-3-1-4-9(7-8)20(18,19)16-10-14-11-13-5-2-6-17(11)15-10/h1-7H,(H,15,16). The quantitative estimate of drug-likeness (QED) is 0.793. The van der Waals surface area contributed by atoms with Crippen LogP contribution < -0.4 is 4.72 Å². The van der Waals surface area contributed by atoms with Gasteiger partial charge >= 0.3 is 0 Å². The highest BCUT2D eigenvalue weighted by atomic mass is 35.5. The van der Waals surface area contributed by atoms with Crippen molar-refractivity contribution in [2.24, 2.45) is 0 Å². The Hall–Kier alpha value is -2.19. The van der Waals surface area contributed by atoms with Crippen molar-refractivity contribution in [3.05, 3.63) is 47.7 Å². The second-order valence-electron chi connectivity index (χ2n) is 3.86. The molecule has 20 heavy (non-hydrogen) atoms. The van der Waals surface area contributed by atoms with Gasteiger partial charge in [0.1, 0.15) is 0 Å². The lowest BCUT2D eigenvalue weighted by Crippen LogP contribution is -2.14. The summed E-state index contributed by atoms with van der Waals surface area (Å²) in [6, 6.07) is 7.58. The van der Waals surface area contributed by atoms with E-state index in [1.165, 1.54) is 16.6 Å². The van der Waals surface area contributed by atoms with Gasteiger partial charge in [-0.3, -0.25) is 0 Å². The van der Waals surface area contributed by atoms with Crippen LogP contribution >= 0.6 is 11.6 Å². The molecule has 0 spiro atoms. The highest BCUT2D eigenvalue weighted by Crippen LogP contribution is 2.17. The van der Waals surface area contributed by atoms with Crippen LogP contribution in [0.15, 0.2) is 47.6 Å². The summed E-state index contributed by atoms with van der Waals surface area (Å²) in [4.78, 5) is 7.95. The van der Waals surface area contributed by atoms with Crippen LogP contribution in [0.25, 0.3) is 5.78 Å². The minimum Gasteiger partial charge on any atom is -0.246 e. The lowest BCUT2D eigenvalue weighted by molar-refractivity contribution is 0.601. The van der Waals surface area contributed by atoms with E-state index in [2.05, 4.69) is 19.8 Å². The van der Waals surface area contributed by atoms with E-state index in [1.54, 1.807) is 30.6 Å². The van der Waals surface area contributed by atoms with Gasteiger partial charge in [0.2, 0.25) is 0 Å². The number of halogens is 1. The van der Waals surface area contributed by atoms with Gasteiger partial charge in [-0.25, -0.2) is 22.6 Å². The molecule has 0 aliphatic carbocycles. The second-order valence-corrected chi connectivity index (χ2v) is 5.98. The zero-order valence-electron chi connectivity index (χ0n) is 9.93. The van der Waals surface area contributed by atoms with Gasteiger partial charge in [0, 0.05) is 17.4 Å². The molecule has 2 heterocycles. The highest BCUT2D eigenvalue weighted by Gasteiger charge is 2.17. The van der Waals surface area contributed by atoms with E-state index in [-0.39, 0.29) is 10.8 Å². The number of rotatable bonds is 3. The number of aromatic nitrogens is 4. The van der Waals surface area contributed by atoms with Gasteiger partial charge in [-0.15, -0.1) is 5.10 Å². The minimum atomic E-state index is -3.78. The number of hydrogen-bond donors (Lipinski definition) is 1. The molecule has 0 bridgehead atoms. The van der Waals surface area contributed by atoms with Gasteiger partial charge in [0.15, 0.2) is 0 Å². The van der Waals surface area contributed by atoms with Crippen LogP contribution in [0.1, 0.15) is 0 Å². The van der Waals surface area contributed by atoms with Crippen molar-refractivity contribution in [3.63, 3.8) is 0 Å². The van der Waals surface area contributed by atoms with E-state index in [4.69, 9.17) is 11.6 Å². The summed E-state index contributed by atoms with van der Waals surface area (Å²) in [5, 5.41) is 4.30. The summed E-state index contributed by atoms with van der Waals surface area (Å²) >= 11 is 5.78. The first-order valence-corrected chi connectivity index (χ1v) is 7.36. The maximum absolute atomic E-state index is 12.2. The lowest BCUT2D eigenvalue weighted by atomic mass is 10.4. The molecule has 0 saturated heterocycles. The van der Waals surface area contributed by atoms with Crippen LogP contribution in [-0.4, -0.2) is 28.0 Å². The minimum absolute atomic E-state index is 0.0387. The highest BCUT2D eigenvalue weighted by molar-refractivity contribution is 7.92. The molecule has 0 saturated carbocycles. The van der Waals surface area contributed by atoms with E-state index >= 15 is 0 Å². The number of nitrogens with zero attached hydrogens (tertiary/aromatic N) is 4. The van der Waals surface area contributed by atoms with E-state index in [0.29, 0.717) is 10.8 Å². The molecule has 0 fully saturated rings. The lowest BCUT2D eigenvalue weighted by Gasteiger charge is -2.04. The van der Waals surface area contributed by atoms with Crippen LogP contribution in [0.5, 0.6) is 0 Å². The van der Waals surface area contributed by atoms with Crippen LogP contribution in [0.3, 0.4) is 0 Å². The zero-order valence-corrected chi connectivity index (χ0v) is 11.5. The van der Waals surface area contributed by atoms with Crippen LogP contribution in [0.2, 0.25) is 5.02 Å². The van der Waals surface area contributed by atoms with E-state index in [9.17, 15) is 8.42 Å². The van der Waals surface area contributed by atoms with Crippen LogP contribution in [-0.2, 0) is 10.0 Å². The zero-order chi connectivity index (χ0) is 14.2. The Morgan fingerprint density at radius 1 is 1.25 bits per heavy atom. The van der Waals surface area contributed by atoms with Crippen molar-refractivity contribution in [2.75, 3.05) is 4.72 Å². The summed E-state index contributed by atoms with van der Waals surface area (Å²) in [5.74, 6) is 0.250.